The zero-order chi connectivity index (χ0) is 16.5. The van der Waals surface area contributed by atoms with Crippen LogP contribution in [0.1, 0.15) is 11.1 Å². The molecule has 0 saturated heterocycles. The molecule has 4 rings (SSSR count). The van der Waals surface area contributed by atoms with Crippen molar-refractivity contribution in [2.24, 2.45) is 0 Å². The highest BCUT2D eigenvalue weighted by Gasteiger charge is 2.20. The fourth-order valence-corrected chi connectivity index (χ4v) is 2.90. The first-order chi connectivity index (χ1) is 11.7. The number of nitrogens with zero attached hydrogens (tertiary/aromatic N) is 4. The van der Waals surface area contributed by atoms with Gasteiger partial charge in [-0.1, -0.05) is 0 Å². The van der Waals surface area contributed by atoms with Gasteiger partial charge in [0.15, 0.2) is 17.5 Å². The van der Waals surface area contributed by atoms with Crippen LogP contribution in [0.3, 0.4) is 0 Å². The molecule has 0 fully saturated rings. The molecule has 0 N–H and O–H groups in total. The van der Waals surface area contributed by atoms with Crippen LogP contribution in [-0.4, -0.2) is 21.5 Å². The van der Waals surface area contributed by atoms with Gasteiger partial charge in [0.05, 0.1) is 0 Å². The van der Waals surface area contributed by atoms with Crippen LogP contribution in [0.4, 0.5) is 14.6 Å². The van der Waals surface area contributed by atoms with Crippen molar-refractivity contribution < 1.29 is 8.78 Å². The Labute approximate surface area is 137 Å². The molecule has 0 atom stereocenters. The van der Waals surface area contributed by atoms with Crippen molar-refractivity contribution in [2.75, 3.05) is 11.4 Å². The van der Waals surface area contributed by atoms with Crippen LogP contribution in [0.25, 0.3) is 11.4 Å². The van der Waals surface area contributed by atoms with E-state index < -0.39 is 11.6 Å². The summed E-state index contributed by atoms with van der Waals surface area (Å²) in [5, 5.41) is 0. The van der Waals surface area contributed by atoms with Crippen LogP contribution in [0.2, 0.25) is 0 Å². The summed E-state index contributed by atoms with van der Waals surface area (Å²) in [6, 6.07) is 8.13. The predicted octanol–water partition coefficient (Wildman–Crippen LogP) is 3.38. The second-order valence-electron chi connectivity index (χ2n) is 5.69. The van der Waals surface area contributed by atoms with Crippen LogP contribution in [0.5, 0.6) is 0 Å². The van der Waals surface area contributed by atoms with Crippen LogP contribution >= 0.6 is 0 Å². The Hall–Kier alpha value is -2.89. The number of hydrogen-bond acceptors (Lipinski definition) is 4. The van der Waals surface area contributed by atoms with Gasteiger partial charge in [-0.05, 0) is 47.9 Å². The zero-order valence-corrected chi connectivity index (χ0v) is 12.8. The van der Waals surface area contributed by atoms with Gasteiger partial charge in [0.2, 0.25) is 0 Å². The van der Waals surface area contributed by atoms with E-state index in [1.165, 1.54) is 12.1 Å². The summed E-state index contributed by atoms with van der Waals surface area (Å²) in [5.41, 5.74) is 2.48. The van der Waals surface area contributed by atoms with Crippen molar-refractivity contribution in [3.8, 4) is 11.4 Å². The van der Waals surface area contributed by atoms with Gasteiger partial charge in [0, 0.05) is 37.2 Å². The summed E-state index contributed by atoms with van der Waals surface area (Å²) in [7, 11) is 0. The van der Waals surface area contributed by atoms with Gasteiger partial charge in [-0.15, -0.1) is 0 Å². The minimum Gasteiger partial charge on any atom is -0.352 e. The van der Waals surface area contributed by atoms with E-state index in [1.807, 2.05) is 23.1 Å². The third-order valence-corrected chi connectivity index (χ3v) is 4.14. The molecule has 0 bridgehead atoms. The van der Waals surface area contributed by atoms with Crippen molar-refractivity contribution in [1.29, 1.82) is 0 Å². The summed E-state index contributed by atoms with van der Waals surface area (Å²) in [5.74, 6) is -0.242. The van der Waals surface area contributed by atoms with Gasteiger partial charge >= 0.3 is 0 Å². The Morgan fingerprint density at radius 2 is 1.83 bits per heavy atom. The van der Waals surface area contributed by atoms with Gasteiger partial charge in [0.25, 0.3) is 0 Å². The molecule has 0 aliphatic carbocycles. The Morgan fingerprint density at radius 1 is 1.00 bits per heavy atom. The van der Waals surface area contributed by atoms with Crippen LogP contribution in [-0.2, 0) is 13.0 Å². The van der Waals surface area contributed by atoms with Gasteiger partial charge in [0.1, 0.15) is 5.82 Å². The van der Waals surface area contributed by atoms with E-state index in [1.54, 1.807) is 18.6 Å². The topological polar surface area (TPSA) is 41.9 Å². The highest BCUT2D eigenvalue weighted by atomic mass is 19.2. The van der Waals surface area contributed by atoms with E-state index in [0.29, 0.717) is 25.3 Å². The molecule has 4 nitrogen and oxygen atoms in total. The normalized spacial score (nSPS) is 13.7. The molecule has 0 saturated carbocycles. The molecule has 3 aromatic rings. The van der Waals surface area contributed by atoms with Crippen LogP contribution < -0.4 is 4.90 Å². The average molecular weight is 324 g/mol. The summed E-state index contributed by atoms with van der Waals surface area (Å²) in [6.45, 7) is 1.19. The molecule has 3 heterocycles. The molecule has 1 aromatic carbocycles. The first-order valence-corrected chi connectivity index (χ1v) is 7.66. The predicted molar refractivity (Wildman–Crippen MR) is 86.4 cm³/mol. The smallest absolute Gasteiger partial charge is 0.163 e. The number of halogens is 2. The minimum absolute atomic E-state index is 0.496. The quantitative estimate of drug-likeness (QED) is 0.725. The molecule has 2 aromatic heterocycles. The lowest BCUT2D eigenvalue weighted by Gasteiger charge is -2.30. The number of benzene rings is 1. The number of anilines is 1. The molecule has 120 valence electrons. The van der Waals surface area contributed by atoms with Crippen LogP contribution in [0.15, 0.2) is 48.9 Å². The van der Waals surface area contributed by atoms with E-state index >= 15 is 0 Å². The van der Waals surface area contributed by atoms with Crippen LogP contribution in [0, 0.1) is 11.6 Å². The number of hydrogen-bond donors (Lipinski definition) is 0. The standard InChI is InChI=1S/C18H14F2N4/c19-15-8-12-4-7-24(11-14(12)9-16(15)20)17-3-6-22-18(23-17)13-2-1-5-21-10-13/h1-3,5-6,8-10H,4,7,11H2. The maximum absolute atomic E-state index is 13.5. The Balaban J connectivity index is 1.64. The summed E-state index contributed by atoms with van der Waals surface area (Å²) in [4.78, 5) is 15.0. The second-order valence-corrected chi connectivity index (χ2v) is 5.69. The third-order valence-electron chi connectivity index (χ3n) is 4.14. The SMILES string of the molecule is Fc1cc2c(cc1F)CN(c1ccnc(-c3cccnc3)n1)CC2. The van der Waals surface area contributed by atoms with Crippen molar-refractivity contribution in [3.63, 3.8) is 0 Å². The fraction of sp³-hybridized carbons (Fsp3) is 0.167. The monoisotopic (exact) mass is 324 g/mol. The lowest BCUT2D eigenvalue weighted by Crippen LogP contribution is -2.31. The van der Waals surface area contributed by atoms with Gasteiger partial charge in [-0.2, -0.15) is 0 Å². The molecule has 6 heteroatoms. The van der Waals surface area contributed by atoms with E-state index in [-0.39, 0.29) is 0 Å². The number of pyridine rings is 1. The van der Waals surface area contributed by atoms with Crippen molar-refractivity contribution in [3.05, 3.63) is 71.7 Å². The van der Waals surface area contributed by atoms with E-state index in [4.69, 9.17) is 0 Å². The summed E-state index contributed by atoms with van der Waals surface area (Å²) in [6.07, 6.45) is 5.76. The first kappa shape index (κ1) is 14.7. The minimum atomic E-state index is -0.811. The van der Waals surface area contributed by atoms with E-state index in [9.17, 15) is 8.78 Å². The van der Waals surface area contributed by atoms with E-state index in [2.05, 4.69) is 15.0 Å². The molecule has 0 radical (unpaired) electrons. The summed E-state index contributed by atoms with van der Waals surface area (Å²) >= 11 is 0. The van der Waals surface area contributed by atoms with Crippen molar-refractivity contribution in [2.45, 2.75) is 13.0 Å². The largest absolute Gasteiger partial charge is 0.352 e. The zero-order valence-electron chi connectivity index (χ0n) is 12.8. The molecule has 0 amide bonds. The second kappa shape index (κ2) is 5.96. The highest BCUT2D eigenvalue weighted by molar-refractivity contribution is 5.56. The molecule has 1 aliphatic heterocycles. The van der Waals surface area contributed by atoms with Crippen molar-refractivity contribution in [1.82, 2.24) is 15.0 Å². The van der Waals surface area contributed by atoms with Gasteiger partial charge < -0.3 is 4.90 Å². The summed E-state index contributed by atoms with van der Waals surface area (Å²) < 4.78 is 26.8. The molecular formula is C18H14F2N4. The lowest BCUT2D eigenvalue weighted by atomic mass is 9.99. The average Bonchev–Trinajstić information content (AvgIpc) is 2.63. The van der Waals surface area contributed by atoms with Gasteiger partial charge in [-0.25, -0.2) is 18.7 Å². The Morgan fingerprint density at radius 3 is 2.62 bits per heavy atom. The Kier molecular flexibility index (Phi) is 3.65. The number of fused-ring (bicyclic) bond motifs is 1. The molecule has 0 spiro atoms. The fourth-order valence-electron chi connectivity index (χ4n) is 2.90. The molecular weight excluding hydrogens is 310 g/mol. The third kappa shape index (κ3) is 2.71. The first-order valence-electron chi connectivity index (χ1n) is 7.66. The number of rotatable bonds is 2. The number of aromatic nitrogens is 3. The lowest BCUT2D eigenvalue weighted by molar-refractivity contribution is 0.503. The maximum atomic E-state index is 13.5. The van der Waals surface area contributed by atoms with E-state index in [0.717, 1.165) is 22.5 Å². The molecule has 0 unspecified atom stereocenters. The van der Waals surface area contributed by atoms with Crippen molar-refractivity contribution >= 4 is 5.82 Å². The highest BCUT2D eigenvalue weighted by Crippen LogP contribution is 2.26. The molecule has 1 aliphatic rings. The maximum Gasteiger partial charge on any atom is 0.163 e. The Bertz CT molecular complexity index is 883. The molecule has 24 heavy (non-hydrogen) atoms. The van der Waals surface area contributed by atoms with Gasteiger partial charge in [-0.3, -0.25) is 4.98 Å².